The van der Waals surface area contributed by atoms with Crippen molar-refractivity contribution in [2.24, 2.45) is 0 Å². The number of hydrogen-bond donors (Lipinski definition) is 1. The third kappa shape index (κ3) is 2.18. The SMILES string of the molecule is CN(C)Nc1cc(C#N)sc1[N+](=O)[O-]. The zero-order valence-corrected chi connectivity index (χ0v) is 8.46. The summed E-state index contributed by atoms with van der Waals surface area (Å²) in [6, 6.07) is 3.33. The number of hydrogen-bond acceptors (Lipinski definition) is 6. The van der Waals surface area contributed by atoms with E-state index in [2.05, 4.69) is 5.43 Å². The third-order valence-corrected chi connectivity index (χ3v) is 2.32. The lowest BCUT2D eigenvalue weighted by Crippen LogP contribution is -2.19. The van der Waals surface area contributed by atoms with Gasteiger partial charge in [0.2, 0.25) is 0 Å². The Labute approximate surface area is 84.5 Å². The molecule has 74 valence electrons. The van der Waals surface area contributed by atoms with Gasteiger partial charge in [0, 0.05) is 14.1 Å². The highest BCUT2D eigenvalue weighted by molar-refractivity contribution is 7.16. The van der Waals surface area contributed by atoms with Gasteiger partial charge in [0.1, 0.15) is 16.6 Å². The summed E-state index contributed by atoms with van der Waals surface area (Å²) in [6.07, 6.45) is 0. The number of nitrogens with one attached hydrogen (secondary N) is 1. The molecule has 7 heteroatoms. The molecule has 1 rings (SSSR count). The standard InChI is InChI=1S/C7H8N4O2S/c1-10(2)9-6-3-5(4-8)14-7(6)11(12)13/h3,9H,1-2H3. The molecule has 1 N–H and O–H groups in total. The van der Waals surface area contributed by atoms with Crippen LogP contribution in [0.2, 0.25) is 0 Å². The van der Waals surface area contributed by atoms with Crippen LogP contribution >= 0.6 is 11.3 Å². The predicted octanol–water partition coefficient (Wildman–Crippen LogP) is 1.42. The molecule has 1 aromatic heterocycles. The summed E-state index contributed by atoms with van der Waals surface area (Å²) < 4.78 is 0. The lowest BCUT2D eigenvalue weighted by Gasteiger charge is -2.10. The van der Waals surface area contributed by atoms with E-state index in [1.54, 1.807) is 19.1 Å². The van der Waals surface area contributed by atoms with Crippen molar-refractivity contribution in [2.75, 3.05) is 19.5 Å². The van der Waals surface area contributed by atoms with Gasteiger partial charge < -0.3 is 5.43 Å². The zero-order valence-electron chi connectivity index (χ0n) is 7.64. The normalized spacial score (nSPS) is 9.86. The molecule has 0 radical (unpaired) electrons. The molecule has 6 nitrogen and oxygen atoms in total. The highest BCUT2D eigenvalue weighted by atomic mass is 32.1. The lowest BCUT2D eigenvalue weighted by molar-refractivity contribution is -0.379. The highest BCUT2D eigenvalue weighted by Gasteiger charge is 2.19. The van der Waals surface area contributed by atoms with Gasteiger partial charge >= 0.3 is 5.00 Å². The third-order valence-electron chi connectivity index (χ3n) is 1.33. The molecule has 0 fully saturated rings. The van der Waals surface area contributed by atoms with Crippen LogP contribution in [0, 0.1) is 21.4 Å². The van der Waals surface area contributed by atoms with Gasteiger partial charge in [-0.2, -0.15) is 5.26 Å². The summed E-state index contributed by atoms with van der Waals surface area (Å²) in [4.78, 5) is 10.4. The molecule has 1 heterocycles. The fourth-order valence-corrected chi connectivity index (χ4v) is 1.61. The first-order valence-electron chi connectivity index (χ1n) is 3.67. The number of thiophene rings is 1. The van der Waals surface area contributed by atoms with Crippen LogP contribution in [0.1, 0.15) is 4.88 Å². The molecule has 1 aromatic rings. The molecule has 0 saturated carbocycles. The maximum absolute atomic E-state index is 10.6. The van der Waals surface area contributed by atoms with Crippen LogP contribution in [0.15, 0.2) is 6.07 Å². The lowest BCUT2D eigenvalue weighted by atomic mass is 10.4. The van der Waals surface area contributed by atoms with Gasteiger partial charge in [-0.3, -0.25) is 10.1 Å². The monoisotopic (exact) mass is 212 g/mol. The van der Waals surface area contributed by atoms with Crippen molar-refractivity contribution in [3.63, 3.8) is 0 Å². The molecule has 0 unspecified atom stereocenters. The van der Waals surface area contributed by atoms with Gasteiger partial charge in [-0.1, -0.05) is 0 Å². The van der Waals surface area contributed by atoms with E-state index in [1.807, 2.05) is 6.07 Å². The average Bonchev–Trinajstić information content (AvgIpc) is 2.46. The number of nitrogens with zero attached hydrogens (tertiary/aromatic N) is 3. The summed E-state index contributed by atoms with van der Waals surface area (Å²) in [7, 11) is 3.43. The maximum Gasteiger partial charge on any atom is 0.349 e. The number of hydrazine groups is 1. The molecule has 0 aliphatic carbocycles. The predicted molar refractivity (Wildman–Crippen MR) is 53.0 cm³/mol. The first-order valence-corrected chi connectivity index (χ1v) is 4.48. The largest absolute Gasteiger partial charge is 0.349 e. The molecule has 0 bridgehead atoms. The van der Waals surface area contributed by atoms with Gasteiger partial charge in [0.25, 0.3) is 0 Å². The van der Waals surface area contributed by atoms with Crippen molar-refractivity contribution >= 4 is 22.0 Å². The number of rotatable bonds is 3. The molecular formula is C7H8N4O2S. The summed E-state index contributed by atoms with van der Waals surface area (Å²) in [5, 5.41) is 20.7. The topological polar surface area (TPSA) is 82.2 Å². The molecular weight excluding hydrogens is 204 g/mol. The first kappa shape index (κ1) is 10.4. The van der Waals surface area contributed by atoms with E-state index in [1.165, 1.54) is 6.07 Å². The van der Waals surface area contributed by atoms with E-state index in [4.69, 9.17) is 5.26 Å². The quantitative estimate of drug-likeness (QED) is 0.605. The molecule has 0 amide bonds. The Morgan fingerprint density at radius 3 is 2.79 bits per heavy atom. The molecule has 0 saturated heterocycles. The minimum absolute atomic E-state index is 0.0461. The van der Waals surface area contributed by atoms with Crippen LogP contribution < -0.4 is 5.43 Å². The summed E-state index contributed by atoms with van der Waals surface area (Å²) in [5.41, 5.74) is 3.11. The van der Waals surface area contributed by atoms with Crippen molar-refractivity contribution in [1.29, 1.82) is 5.26 Å². The van der Waals surface area contributed by atoms with Gasteiger partial charge in [-0.15, -0.1) is 0 Å². The van der Waals surface area contributed by atoms with Crippen LogP contribution in [0.25, 0.3) is 0 Å². The van der Waals surface area contributed by atoms with E-state index in [0.29, 0.717) is 10.6 Å². The number of nitriles is 1. The second kappa shape index (κ2) is 4.04. The van der Waals surface area contributed by atoms with Gasteiger partial charge in [0.15, 0.2) is 0 Å². The number of nitro groups is 1. The molecule has 14 heavy (non-hydrogen) atoms. The van der Waals surface area contributed by atoms with Crippen LogP contribution in [-0.2, 0) is 0 Å². The van der Waals surface area contributed by atoms with E-state index in [9.17, 15) is 10.1 Å². The smallest absolute Gasteiger partial charge is 0.313 e. The maximum atomic E-state index is 10.6. The zero-order chi connectivity index (χ0) is 10.7. The molecule has 0 atom stereocenters. The fraction of sp³-hybridized carbons (Fsp3) is 0.286. The fourth-order valence-electron chi connectivity index (χ4n) is 0.893. The van der Waals surface area contributed by atoms with E-state index < -0.39 is 4.92 Å². The molecule has 0 spiro atoms. The number of anilines is 1. The van der Waals surface area contributed by atoms with Crippen LogP contribution in [0.4, 0.5) is 10.7 Å². The van der Waals surface area contributed by atoms with E-state index >= 15 is 0 Å². The van der Waals surface area contributed by atoms with Crippen molar-refractivity contribution < 1.29 is 4.92 Å². The minimum Gasteiger partial charge on any atom is -0.313 e. The van der Waals surface area contributed by atoms with Crippen LogP contribution in [0.5, 0.6) is 0 Å². The summed E-state index contributed by atoms with van der Waals surface area (Å²) in [5.74, 6) is 0. The second-order valence-electron chi connectivity index (χ2n) is 2.70. The second-order valence-corrected chi connectivity index (χ2v) is 3.74. The van der Waals surface area contributed by atoms with Crippen molar-refractivity contribution in [3.8, 4) is 6.07 Å². The highest BCUT2D eigenvalue weighted by Crippen LogP contribution is 2.34. The Morgan fingerprint density at radius 2 is 2.36 bits per heavy atom. The Kier molecular flexibility index (Phi) is 3.01. The summed E-state index contributed by atoms with van der Waals surface area (Å²) >= 11 is 0.860. The molecule has 0 aliphatic rings. The van der Waals surface area contributed by atoms with E-state index in [-0.39, 0.29) is 5.00 Å². The van der Waals surface area contributed by atoms with Gasteiger partial charge in [-0.25, -0.2) is 5.01 Å². The van der Waals surface area contributed by atoms with Gasteiger partial charge in [0.05, 0.1) is 4.92 Å². The van der Waals surface area contributed by atoms with Crippen LogP contribution in [-0.4, -0.2) is 24.0 Å². The minimum atomic E-state index is -0.503. The summed E-state index contributed by atoms with van der Waals surface area (Å²) in [6.45, 7) is 0. The first-order chi connectivity index (χ1) is 6.54. The van der Waals surface area contributed by atoms with Gasteiger partial charge in [-0.05, 0) is 17.4 Å². The molecule has 0 aliphatic heterocycles. The van der Waals surface area contributed by atoms with Crippen molar-refractivity contribution in [1.82, 2.24) is 5.01 Å². The molecule has 0 aromatic carbocycles. The Balaban J connectivity index is 3.07. The van der Waals surface area contributed by atoms with Crippen molar-refractivity contribution in [2.45, 2.75) is 0 Å². The average molecular weight is 212 g/mol. The Hall–Kier alpha value is -1.65. The van der Waals surface area contributed by atoms with Crippen LogP contribution in [0.3, 0.4) is 0 Å². The Morgan fingerprint density at radius 1 is 1.71 bits per heavy atom. The Bertz CT molecular complexity index is 393. The van der Waals surface area contributed by atoms with Crippen molar-refractivity contribution in [3.05, 3.63) is 21.1 Å². The van der Waals surface area contributed by atoms with E-state index in [0.717, 1.165) is 11.3 Å².